The van der Waals surface area contributed by atoms with Gasteiger partial charge in [0.1, 0.15) is 0 Å². The Bertz CT molecular complexity index is 639. The zero-order chi connectivity index (χ0) is 13.2. The van der Waals surface area contributed by atoms with Crippen molar-refractivity contribution in [2.45, 2.75) is 18.6 Å². The van der Waals surface area contributed by atoms with Gasteiger partial charge in [-0.3, -0.25) is 4.99 Å². The fourth-order valence-corrected chi connectivity index (χ4v) is 3.45. The summed E-state index contributed by atoms with van der Waals surface area (Å²) in [6, 6.07) is 12.7. The van der Waals surface area contributed by atoms with Crippen LogP contribution in [-0.2, 0) is 0 Å². The fourth-order valence-electron chi connectivity index (χ4n) is 2.12. The van der Waals surface area contributed by atoms with Crippen LogP contribution >= 0.6 is 27.7 Å². The second kappa shape index (κ2) is 5.55. The summed E-state index contributed by atoms with van der Waals surface area (Å²) in [4.78, 5) is 4.54. The highest BCUT2D eigenvalue weighted by Gasteiger charge is 2.17. The van der Waals surface area contributed by atoms with Crippen LogP contribution in [-0.4, -0.2) is 17.0 Å². The van der Waals surface area contributed by atoms with Crippen molar-refractivity contribution in [2.24, 2.45) is 4.99 Å². The second-order valence-corrected chi connectivity index (χ2v) is 6.83. The van der Waals surface area contributed by atoms with Crippen LogP contribution in [0.2, 0.25) is 0 Å². The van der Waals surface area contributed by atoms with E-state index in [1.165, 1.54) is 17.2 Å². The molecule has 0 aromatic heterocycles. The Labute approximate surface area is 125 Å². The molecule has 19 heavy (non-hydrogen) atoms. The van der Waals surface area contributed by atoms with Crippen LogP contribution < -0.4 is 5.32 Å². The van der Waals surface area contributed by atoms with Crippen molar-refractivity contribution in [3.63, 3.8) is 0 Å². The maximum Gasteiger partial charge on any atom is 0.161 e. The fraction of sp³-hybridized carbons (Fsp3) is 0.267. The van der Waals surface area contributed by atoms with Crippen LogP contribution in [0.3, 0.4) is 0 Å². The van der Waals surface area contributed by atoms with Gasteiger partial charge in [-0.2, -0.15) is 0 Å². The minimum Gasteiger partial charge on any atom is -0.335 e. The van der Waals surface area contributed by atoms with Gasteiger partial charge in [0.25, 0.3) is 0 Å². The molecule has 98 valence electrons. The summed E-state index contributed by atoms with van der Waals surface area (Å²) in [5, 5.41) is 7.58. The van der Waals surface area contributed by atoms with E-state index in [-0.39, 0.29) is 0 Å². The highest BCUT2D eigenvalue weighted by atomic mass is 79.9. The van der Waals surface area contributed by atoms with Crippen LogP contribution in [0.4, 0.5) is 5.69 Å². The van der Waals surface area contributed by atoms with Crippen LogP contribution in [0, 0.1) is 0 Å². The maximum absolute atomic E-state index is 4.54. The van der Waals surface area contributed by atoms with Crippen molar-refractivity contribution in [2.75, 3.05) is 11.9 Å². The number of nitrogens with one attached hydrogen (secondary N) is 1. The molecule has 0 fully saturated rings. The minimum atomic E-state index is 0.638. The predicted octanol–water partition coefficient (Wildman–Crippen LogP) is 4.90. The summed E-state index contributed by atoms with van der Waals surface area (Å²) in [7, 11) is 0. The quantitative estimate of drug-likeness (QED) is 0.844. The van der Waals surface area contributed by atoms with E-state index in [4.69, 9.17) is 0 Å². The zero-order valence-electron chi connectivity index (χ0n) is 10.7. The Morgan fingerprint density at radius 2 is 2.05 bits per heavy atom. The predicted molar refractivity (Wildman–Crippen MR) is 89.2 cm³/mol. The van der Waals surface area contributed by atoms with Crippen LogP contribution in [0.5, 0.6) is 0 Å². The number of hydrogen-bond donors (Lipinski definition) is 1. The smallest absolute Gasteiger partial charge is 0.161 e. The molecule has 0 amide bonds. The van der Waals surface area contributed by atoms with Crippen molar-refractivity contribution in [3.8, 4) is 0 Å². The molecule has 1 atom stereocenters. The minimum absolute atomic E-state index is 0.638. The largest absolute Gasteiger partial charge is 0.335 e. The van der Waals surface area contributed by atoms with Gasteiger partial charge in [-0.25, -0.2) is 0 Å². The van der Waals surface area contributed by atoms with Gasteiger partial charge in [0, 0.05) is 15.4 Å². The second-order valence-electron chi connectivity index (χ2n) is 4.63. The maximum atomic E-state index is 4.54. The third kappa shape index (κ3) is 2.95. The monoisotopic (exact) mass is 334 g/mol. The summed E-state index contributed by atoms with van der Waals surface area (Å²) >= 11 is 5.34. The SMILES string of the molecule is CCC1CN=C(Nc2ccc3cc(Br)ccc3c2)S1. The van der Waals surface area contributed by atoms with E-state index >= 15 is 0 Å². The molecule has 0 saturated heterocycles. The van der Waals surface area contributed by atoms with Crippen LogP contribution in [0.25, 0.3) is 10.8 Å². The lowest BCUT2D eigenvalue weighted by Gasteiger charge is -2.08. The summed E-state index contributed by atoms with van der Waals surface area (Å²) in [6.45, 7) is 3.15. The molecule has 1 unspecified atom stereocenters. The lowest BCUT2D eigenvalue weighted by molar-refractivity contribution is 0.844. The Morgan fingerprint density at radius 1 is 1.26 bits per heavy atom. The van der Waals surface area contributed by atoms with Crippen LogP contribution in [0.1, 0.15) is 13.3 Å². The first kappa shape index (κ1) is 13.0. The van der Waals surface area contributed by atoms with E-state index in [1.54, 1.807) is 0 Å². The Balaban J connectivity index is 1.80. The molecule has 2 aromatic rings. The van der Waals surface area contributed by atoms with E-state index < -0.39 is 0 Å². The molecule has 1 heterocycles. The number of thioether (sulfide) groups is 1. The van der Waals surface area contributed by atoms with Gasteiger partial charge < -0.3 is 5.32 Å². The summed E-state index contributed by atoms with van der Waals surface area (Å²) in [6.07, 6.45) is 1.17. The molecular formula is C15H15BrN2S. The Kier molecular flexibility index (Phi) is 3.80. The molecule has 2 nitrogen and oxygen atoms in total. The third-order valence-electron chi connectivity index (χ3n) is 3.23. The number of anilines is 1. The molecule has 0 bridgehead atoms. The zero-order valence-corrected chi connectivity index (χ0v) is 13.1. The number of fused-ring (bicyclic) bond motifs is 1. The normalized spacial score (nSPS) is 18.6. The molecule has 0 radical (unpaired) electrons. The van der Waals surface area contributed by atoms with Crippen LogP contribution in [0.15, 0.2) is 45.9 Å². The molecule has 0 saturated carbocycles. The van der Waals surface area contributed by atoms with E-state index in [0.29, 0.717) is 5.25 Å². The van der Waals surface area contributed by atoms with E-state index in [9.17, 15) is 0 Å². The standard InChI is InChI=1S/C15H15BrN2S/c1-2-14-9-17-15(19-14)18-13-6-4-10-7-12(16)5-3-11(10)8-13/h3-8,14H,2,9H2,1H3,(H,17,18). The lowest BCUT2D eigenvalue weighted by atomic mass is 10.1. The van der Waals surface area contributed by atoms with Gasteiger partial charge in [-0.15, -0.1) is 0 Å². The molecule has 0 spiro atoms. The number of amidine groups is 1. The molecule has 0 aliphatic carbocycles. The van der Waals surface area contributed by atoms with Gasteiger partial charge in [0.15, 0.2) is 5.17 Å². The third-order valence-corrected chi connectivity index (χ3v) is 4.99. The van der Waals surface area contributed by atoms with Gasteiger partial charge in [0.2, 0.25) is 0 Å². The first-order chi connectivity index (χ1) is 9.24. The summed E-state index contributed by atoms with van der Waals surface area (Å²) in [5.74, 6) is 0. The lowest BCUT2D eigenvalue weighted by Crippen LogP contribution is -2.06. The van der Waals surface area contributed by atoms with Gasteiger partial charge in [0.05, 0.1) is 6.54 Å². The summed E-state index contributed by atoms with van der Waals surface area (Å²) < 4.78 is 1.11. The molecule has 1 N–H and O–H groups in total. The van der Waals surface area contributed by atoms with Crippen molar-refractivity contribution < 1.29 is 0 Å². The molecule has 2 aromatic carbocycles. The number of nitrogens with zero attached hydrogens (tertiary/aromatic N) is 1. The van der Waals surface area contributed by atoms with Crippen molar-refractivity contribution >= 4 is 49.3 Å². The average Bonchev–Trinajstić information content (AvgIpc) is 2.86. The van der Waals surface area contributed by atoms with Crippen molar-refractivity contribution in [1.82, 2.24) is 0 Å². The number of hydrogen-bond acceptors (Lipinski definition) is 3. The van der Waals surface area contributed by atoms with E-state index in [1.807, 2.05) is 11.8 Å². The summed E-state index contributed by atoms with van der Waals surface area (Å²) in [5.41, 5.74) is 1.11. The number of aliphatic imine (C=N–C) groups is 1. The number of rotatable bonds is 2. The Hall–Kier alpha value is -1.00. The molecule has 1 aliphatic rings. The molecular weight excluding hydrogens is 320 g/mol. The Morgan fingerprint density at radius 3 is 2.84 bits per heavy atom. The van der Waals surface area contributed by atoms with Gasteiger partial charge in [-0.05, 0) is 41.5 Å². The molecule has 4 heteroatoms. The van der Waals surface area contributed by atoms with Crippen molar-refractivity contribution in [1.29, 1.82) is 0 Å². The first-order valence-electron chi connectivity index (χ1n) is 6.42. The van der Waals surface area contributed by atoms with Gasteiger partial charge >= 0.3 is 0 Å². The number of benzene rings is 2. The average molecular weight is 335 g/mol. The number of halogens is 1. The van der Waals surface area contributed by atoms with E-state index in [2.05, 4.69) is 69.6 Å². The topological polar surface area (TPSA) is 24.4 Å². The van der Waals surface area contributed by atoms with E-state index in [0.717, 1.165) is 21.9 Å². The first-order valence-corrected chi connectivity index (χ1v) is 8.09. The highest BCUT2D eigenvalue weighted by molar-refractivity contribution is 9.10. The van der Waals surface area contributed by atoms with Gasteiger partial charge in [-0.1, -0.05) is 46.7 Å². The highest BCUT2D eigenvalue weighted by Crippen LogP contribution is 2.27. The molecule has 3 rings (SSSR count). The molecule has 1 aliphatic heterocycles. The van der Waals surface area contributed by atoms with Crippen molar-refractivity contribution in [3.05, 3.63) is 40.9 Å².